The smallest absolute Gasteiger partial charge is 0.267 e. The third-order valence-electron chi connectivity index (χ3n) is 4.97. The number of piperidine rings is 1. The van der Waals surface area contributed by atoms with Gasteiger partial charge in [-0.3, -0.25) is 4.79 Å². The summed E-state index contributed by atoms with van der Waals surface area (Å²) in [6, 6.07) is 8.92. The molecule has 1 amide bonds. The largest absolute Gasteiger partial charge is 0.321 e. The molecule has 2 aromatic heterocycles. The standard InChI is InChI=1S/C21H22N4O3S3/c1-15-14-16(30-21-22-9-5-10-23-21)6-7-17(15)24-20(26)19-18(8-13-29-19)31(27,28)25-11-3-2-4-12-25/h5-10,13-14H,2-4,11-12H2,1H3,(H,24,26). The molecule has 7 nitrogen and oxygen atoms in total. The van der Waals surface area contributed by atoms with E-state index in [1.165, 1.54) is 22.1 Å². The Kier molecular flexibility index (Phi) is 6.71. The van der Waals surface area contributed by atoms with E-state index in [9.17, 15) is 13.2 Å². The lowest BCUT2D eigenvalue weighted by Crippen LogP contribution is -2.36. The number of rotatable bonds is 6. The molecule has 0 bridgehead atoms. The van der Waals surface area contributed by atoms with Crippen LogP contribution in [0.2, 0.25) is 0 Å². The van der Waals surface area contributed by atoms with E-state index < -0.39 is 15.9 Å². The molecule has 1 aromatic carbocycles. The van der Waals surface area contributed by atoms with Crippen LogP contribution in [-0.2, 0) is 10.0 Å². The van der Waals surface area contributed by atoms with Crippen molar-refractivity contribution in [2.45, 2.75) is 41.1 Å². The van der Waals surface area contributed by atoms with Gasteiger partial charge >= 0.3 is 0 Å². The second-order valence-electron chi connectivity index (χ2n) is 7.14. The fourth-order valence-corrected chi connectivity index (χ4v) is 7.00. The number of sulfonamides is 1. The number of nitrogens with one attached hydrogen (secondary N) is 1. The molecule has 162 valence electrons. The van der Waals surface area contributed by atoms with Crippen LogP contribution < -0.4 is 5.32 Å². The summed E-state index contributed by atoms with van der Waals surface area (Å²) >= 11 is 2.57. The summed E-state index contributed by atoms with van der Waals surface area (Å²) in [6.07, 6.45) is 6.11. The molecule has 0 atom stereocenters. The van der Waals surface area contributed by atoms with Crippen LogP contribution in [-0.4, -0.2) is 41.7 Å². The van der Waals surface area contributed by atoms with E-state index in [4.69, 9.17) is 0 Å². The zero-order valence-electron chi connectivity index (χ0n) is 16.9. The molecule has 0 radical (unpaired) electrons. The van der Waals surface area contributed by atoms with Crippen LogP contribution in [0.4, 0.5) is 5.69 Å². The quantitative estimate of drug-likeness (QED) is 0.532. The molecule has 0 unspecified atom stereocenters. The van der Waals surface area contributed by atoms with Crippen LogP contribution in [0.3, 0.4) is 0 Å². The molecular weight excluding hydrogens is 452 g/mol. The zero-order chi connectivity index (χ0) is 21.8. The highest BCUT2D eigenvalue weighted by Gasteiger charge is 2.31. The number of aromatic nitrogens is 2. The highest BCUT2D eigenvalue weighted by molar-refractivity contribution is 7.99. The van der Waals surface area contributed by atoms with Gasteiger partial charge < -0.3 is 5.32 Å². The molecule has 3 aromatic rings. The lowest BCUT2D eigenvalue weighted by atomic mass is 10.2. The van der Waals surface area contributed by atoms with E-state index in [1.807, 2.05) is 25.1 Å². The van der Waals surface area contributed by atoms with Gasteiger partial charge in [0.05, 0.1) is 0 Å². The Hall–Kier alpha value is -2.27. The first-order valence-corrected chi connectivity index (χ1v) is 13.0. The number of hydrogen-bond acceptors (Lipinski definition) is 7. The summed E-state index contributed by atoms with van der Waals surface area (Å²) in [5, 5.41) is 5.16. The predicted molar refractivity (Wildman–Crippen MR) is 122 cm³/mol. The molecule has 1 N–H and O–H groups in total. The number of carbonyl (C=O) groups is 1. The number of aryl methyl sites for hydroxylation is 1. The number of nitrogens with zero attached hydrogens (tertiary/aromatic N) is 3. The maximum atomic E-state index is 13.0. The maximum Gasteiger partial charge on any atom is 0.267 e. The highest BCUT2D eigenvalue weighted by atomic mass is 32.2. The van der Waals surface area contributed by atoms with Gasteiger partial charge in [-0.05, 0) is 72.8 Å². The third-order valence-corrected chi connectivity index (χ3v) is 8.83. The van der Waals surface area contributed by atoms with Crippen LogP contribution in [0.5, 0.6) is 0 Å². The fraction of sp³-hybridized carbons (Fsp3) is 0.286. The SMILES string of the molecule is Cc1cc(Sc2ncccn2)ccc1NC(=O)c1sccc1S(=O)(=O)N1CCCCC1. The Morgan fingerprint density at radius 3 is 2.58 bits per heavy atom. The van der Waals surface area contributed by atoms with Crippen LogP contribution in [0, 0.1) is 6.92 Å². The van der Waals surface area contributed by atoms with Crippen molar-refractivity contribution in [1.82, 2.24) is 14.3 Å². The number of anilines is 1. The Morgan fingerprint density at radius 1 is 1.13 bits per heavy atom. The first kappa shape index (κ1) is 21.9. The maximum absolute atomic E-state index is 13.0. The van der Waals surface area contributed by atoms with Crippen LogP contribution in [0.1, 0.15) is 34.5 Å². The number of benzene rings is 1. The molecule has 1 fully saturated rings. The van der Waals surface area contributed by atoms with Gasteiger partial charge in [-0.1, -0.05) is 6.42 Å². The minimum Gasteiger partial charge on any atom is -0.321 e. The summed E-state index contributed by atoms with van der Waals surface area (Å²) in [7, 11) is -3.67. The monoisotopic (exact) mass is 474 g/mol. The molecule has 31 heavy (non-hydrogen) atoms. The van der Waals surface area contributed by atoms with E-state index in [0.717, 1.165) is 41.1 Å². The van der Waals surface area contributed by atoms with Crippen LogP contribution >= 0.6 is 23.1 Å². The van der Waals surface area contributed by atoms with Gasteiger partial charge in [0.1, 0.15) is 9.77 Å². The summed E-state index contributed by atoms with van der Waals surface area (Å²) < 4.78 is 27.6. The molecule has 0 aliphatic carbocycles. The minimum atomic E-state index is -3.67. The van der Waals surface area contributed by atoms with Gasteiger partial charge in [0.25, 0.3) is 5.91 Å². The molecule has 10 heteroatoms. The van der Waals surface area contributed by atoms with Crippen molar-refractivity contribution in [1.29, 1.82) is 0 Å². The van der Waals surface area contributed by atoms with Crippen molar-refractivity contribution in [3.8, 4) is 0 Å². The predicted octanol–water partition coefficient (Wildman–Crippen LogP) is 4.42. The van der Waals surface area contributed by atoms with E-state index in [0.29, 0.717) is 23.9 Å². The second kappa shape index (κ2) is 9.47. The summed E-state index contributed by atoms with van der Waals surface area (Å²) in [4.78, 5) is 22.6. The van der Waals surface area contributed by atoms with Gasteiger partial charge in [-0.2, -0.15) is 4.31 Å². The minimum absolute atomic E-state index is 0.0861. The number of carbonyl (C=O) groups excluding carboxylic acids is 1. The van der Waals surface area contributed by atoms with Crippen LogP contribution in [0.25, 0.3) is 0 Å². The summed E-state index contributed by atoms with van der Waals surface area (Å²) in [5.74, 6) is -0.416. The summed E-state index contributed by atoms with van der Waals surface area (Å²) in [5.41, 5.74) is 1.50. The Morgan fingerprint density at radius 2 is 1.87 bits per heavy atom. The Balaban J connectivity index is 1.51. The normalized spacial score (nSPS) is 15.0. The number of amides is 1. The molecule has 4 rings (SSSR count). The molecule has 0 saturated carbocycles. The lowest BCUT2D eigenvalue weighted by molar-refractivity contribution is 0.102. The molecular formula is C21H22N4O3S3. The highest BCUT2D eigenvalue weighted by Crippen LogP contribution is 2.30. The van der Waals surface area contributed by atoms with Gasteiger partial charge in [0.15, 0.2) is 5.16 Å². The first-order valence-electron chi connectivity index (χ1n) is 9.90. The molecule has 1 aliphatic rings. The average molecular weight is 475 g/mol. The van der Waals surface area contributed by atoms with E-state index in [1.54, 1.807) is 23.8 Å². The first-order chi connectivity index (χ1) is 14.9. The van der Waals surface area contributed by atoms with Gasteiger partial charge in [0.2, 0.25) is 10.0 Å². The second-order valence-corrected chi connectivity index (χ2v) is 11.0. The van der Waals surface area contributed by atoms with Crippen molar-refractivity contribution >= 4 is 44.7 Å². The van der Waals surface area contributed by atoms with E-state index in [-0.39, 0.29) is 9.77 Å². The van der Waals surface area contributed by atoms with Gasteiger partial charge in [-0.15, -0.1) is 11.3 Å². The van der Waals surface area contributed by atoms with Crippen LogP contribution in [0.15, 0.2) is 63.1 Å². The molecule has 3 heterocycles. The van der Waals surface area contributed by atoms with Crippen molar-refractivity contribution in [2.75, 3.05) is 18.4 Å². The van der Waals surface area contributed by atoms with Crippen molar-refractivity contribution in [3.05, 3.63) is 58.5 Å². The Labute approximate surface area is 190 Å². The van der Waals surface area contributed by atoms with Crippen molar-refractivity contribution in [2.24, 2.45) is 0 Å². The lowest BCUT2D eigenvalue weighted by Gasteiger charge is -2.25. The van der Waals surface area contributed by atoms with Crippen molar-refractivity contribution < 1.29 is 13.2 Å². The van der Waals surface area contributed by atoms with E-state index in [2.05, 4.69) is 15.3 Å². The molecule has 1 aliphatic heterocycles. The Bertz CT molecular complexity index is 1170. The third kappa shape index (κ3) is 4.98. The fourth-order valence-electron chi connectivity index (χ4n) is 3.37. The van der Waals surface area contributed by atoms with E-state index >= 15 is 0 Å². The van der Waals surface area contributed by atoms with Gasteiger partial charge in [-0.25, -0.2) is 18.4 Å². The topological polar surface area (TPSA) is 92.3 Å². The number of thiophene rings is 1. The average Bonchev–Trinajstić information content (AvgIpc) is 3.28. The molecule has 0 spiro atoms. The zero-order valence-corrected chi connectivity index (χ0v) is 19.4. The van der Waals surface area contributed by atoms with Gasteiger partial charge in [0, 0.05) is 36.1 Å². The number of hydrogen-bond donors (Lipinski definition) is 1. The van der Waals surface area contributed by atoms with Crippen molar-refractivity contribution in [3.63, 3.8) is 0 Å². The molecule has 1 saturated heterocycles. The summed E-state index contributed by atoms with van der Waals surface area (Å²) in [6.45, 7) is 2.90.